The van der Waals surface area contributed by atoms with Gasteiger partial charge in [0.1, 0.15) is 5.75 Å². The molecule has 0 saturated heterocycles. The number of halogens is 2. The van der Waals surface area contributed by atoms with E-state index in [1.807, 2.05) is 0 Å². The number of hydrogen-bond acceptors (Lipinski definition) is 5. The molecule has 0 heterocycles. The number of hydrazone groups is 1. The van der Waals surface area contributed by atoms with Gasteiger partial charge in [0.25, 0.3) is 5.91 Å². The summed E-state index contributed by atoms with van der Waals surface area (Å²) in [6.45, 7) is -0.250. The fourth-order valence-electron chi connectivity index (χ4n) is 1.77. The van der Waals surface area contributed by atoms with Crippen molar-refractivity contribution in [2.24, 2.45) is 5.10 Å². The van der Waals surface area contributed by atoms with Gasteiger partial charge in [0.05, 0.1) is 23.9 Å². The molecule has 0 aliphatic heterocycles. The van der Waals surface area contributed by atoms with Crippen molar-refractivity contribution in [3.8, 4) is 5.75 Å². The Hall–Kier alpha value is -2.57. The summed E-state index contributed by atoms with van der Waals surface area (Å²) < 4.78 is 9.89. The topological polar surface area (TPSA) is 77.0 Å². The van der Waals surface area contributed by atoms with Crippen molar-refractivity contribution in [1.82, 2.24) is 5.43 Å². The van der Waals surface area contributed by atoms with Crippen LogP contribution in [0, 0.1) is 0 Å². The first kappa shape index (κ1) is 18.8. The van der Waals surface area contributed by atoms with Crippen LogP contribution in [0.15, 0.2) is 47.6 Å². The number of ether oxygens (including phenoxy) is 2. The molecule has 0 radical (unpaired) electrons. The maximum Gasteiger partial charge on any atom is 0.337 e. The smallest absolute Gasteiger partial charge is 0.337 e. The van der Waals surface area contributed by atoms with E-state index in [1.165, 1.54) is 19.4 Å². The minimum Gasteiger partial charge on any atom is -0.482 e. The summed E-state index contributed by atoms with van der Waals surface area (Å²) in [5, 5.41) is 4.60. The van der Waals surface area contributed by atoms with E-state index in [4.69, 9.17) is 27.9 Å². The number of rotatable bonds is 6. The number of nitrogens with zero attached hydrogens (tertiary/aromatic N) is 1. The Kier molecular flexibility index (Phi) is 6.80. The van der Waals surface area contributed by atoms with Crippen LogP contribution in [0.1, 0.15) is 15.9 Å². The van der Waals surface area contributed by atoms with Crippen LogP contribution in [0.2, 0.25) is 10.0 Å². The van der Waals surface area contributed by atoms with E-state index in [-0.39, 0.29) is 6.61 Å². The summed E-state index contributed by atoms with van der Waals surface area (Å²) in [6.07, 6.45) is 1.44. The van der Waals surface area contributed by atoms with Gasteiger partial charge in [-0.1, -0.05) is 35.3 Å². The van der Waals surface area contributed by atoms with Crippen LogP contribution in [0.25, 0.3) is 0 Å². The van der Waals surface area contributed by atoms with Crippen molar-refractivity contribution in [2.75, 3.05) is 13.7 Å². The monoisotopic (exact) mass is 380 g/mol. The molecule has 2 aromatic carbocycles. The molecule has 2 rings (SSSR count). The fraction of sp³-hybridized carbons (Fsp3) is 0.118. The standard InChI is InChI=1S/C17H14Cl2N2O4/c1-24-17(23)12-4-2-11(3-5-12)9-20-21-16(22)10-25-15-7-6-13(18)8-14(15)19/h2-9H,10H2,1H3,(H,21,22)/b20-9+. The van der Waals surface area contributed by atoms with Gasteiger partial charge < -0.3 is 9.47 Å². The van der Waals surface area contributed by atoms with Gasteiger partial charge in [-0.3, -0.25) is 4.79 Å². The van der Waals surface area contributed by atoms with E-state index in [9.17, 15) is 9.59 Å². The van der Waals surface area contributed by atoms with Crippen molar-refractivity contribution in [2.45, 2.75) is 0 Å². The molecule has 0 fully saturated rings. The summed E-state index contributed by atoms with van der Waals surface area (Å²) in [5.74, 6) is -0.521. The molecular formula is C17H14Cl2N2O4. The zero-order valence-electron chi connectivity index (χ0n) is 13.2. The maximum absolute atomic E-state index is 11.7. The lowest BCUT2D eigenvalue weighted by atomic mass is 10.1. The van der Waals surface area contributed by atoms with E-state index in [0.717, 1.165) is 0 Å². The van der Waals surface area contributed by atoms with E-state index in [2.05, 4.69) is 15.3 Å². The van der Waals surface area contributed by atoms with Crippen molar-refractivity contribution >= 4 is 41.3 Å². The first-order valence-corrected chi connectivity index (χ1v) is 7.83. The molecule has 0 spiro atoms. The number of hydrogen-bond donors (Lipinski definition) is 1. The number of benzene rings is 2. The Morgan fingerprint density at radius 1 is 1.16 bits per heavy atom. The van der Waals surface area contributed by atoms with Gasteiger partial charge in [-0.2, -0.15) is 5.10 Å². The SMILES string of the molecule is COC(=O)c1ccc(/C=N/NC(=O)COc2ccc(Cl)cc2Cl)cc1. The summed E-state index contributed by atoms with van der Waals surface area (Å²) >= 11 is 11.7. The van der Waals surface area contributed by atoms with E-state index in [1.54, 1.807) is 36.4 Å². The van der Waals surface area contributed by atoms with Gasteiger partial charge in [-0.15, -0.1) is 0 Å². The number of carbonyl (C=O) groups is 2. The minimum absolute atomic E-state index is 0.250. The van der Waals surface area contributed by atoms with Crippen molar-refractivity contribution < 1.29 is 19.1 Å². The molecule has 6 nitrogen and oxygen atoms in total. The van der Waals surface area contributed by atoms with Crippen molar-refractivity contribution in [1.29, 1.82) is 0 Å². The number of nitrogens with one attached hydrogen (secondary N) is 1. The van der Waals surface area contributed by atoms with Crippen LogP contribution in [0.4, 0.5) is 0 Å². The number of carbonyl (C=O) groups excluding carboxylic acids is 2. The average molecular weight is 381 g/mol. The number of methoxy groups -OCH3 is 1. The highest BCUT2D eigenvalue weighted by Crippen LogP contribution is 2.27. The fourth-order valence-corrected chi connectivity index (χ4v) is 2.23. The molecule has 0 aliphatic rings. The molecule has 130 valence electrons. The second-order valence-electron chi connectivity index (χ2n) is 4.77. The zero-order valence-corrected chi connectivity index (χ0v) is 14.7. The highest BCUT2D eigenvalue weighted by atomic mass is 35.5. The van der Waals surface area contributed by atoms with Gasteiger partial charge in [-0.25, -0.2) is 10.2 Å². The molecule has 0 saturated carbocycles. The molecule has 8 heteroatoms. The van der Waals surface area contributed by atoms with Gasteiger partial charge in [0.15, 0.2) is 6.61 Å². The lowest BCUT2D eigenvalue weighted by Crippen LogP contribution is -2.24. The highest BCUT2D eigenvalue weighted by molar-refractivity contribution is 6.35. The Morgan fingerprint density at radius 2 is 1.88 bits per heavy atom. The quantitative estimate of drug-likeness (QED) is 0.473. The Bertz CT molecular complexity index is 792. The second-order valence-corrected chi connectivity index (χ2v) is 5.61. The molecule has 0 unspecified atom stereocenters. The maximum atomic E-state index is 11.7. The molecule has 0 aromatic heterocycles. The van der Waals surface area contributed by atoms with Crippen LogP contribution < -0.4 is 10.2 Å². The van der Waals surface area contributed by atoms with Crippen LogP contribution in [0.5, 0.6) is 5.75 Å². The number of esters is 1. The van der Waals surface area contributed by atoms with Crippen LogP contribution in [-0.2, 0) is 9.53 Å². The predicted molar refractivity (Wildman–Crippen MR) is 95.5 cm³/mol. The van der Waals surface area contributed by atoms with Gasteiger partial charge in [-0.05, 0) is 35.9 Å². The van der Waals surface area contributed by atoms with E-state index < -0.39 is 11.9 Å². The van der Waals surface area contributed by atoms with Gasteiger partial charge in [0, 0.05) is 5.02 Å². The van der Waals surface area contributed by atoms with Crippen LogP contribution in [-0.4, -0.2) is 31.8 Å². The molecular weight excluding hydrogens is 367 g/mol. The van der Waals surface area contributed by atoms with E-state index >= 15 is 0 Å². The third-order valence-electron chi connectivity index (χ3n) is 2.99. The number of amides is 1. The normalized spacial score (nSPS) is 10.5. The molecule has 0 atom stereocenters. The van der Waals surface area contributed by atoms with Crippen LogP contribution in [0.3, 0.4) is 0 Å². The summed E-state index contributed by atoms with van der Waals surface area (Å²) in [4.78, 5) is 23.0. The summed E-state index contributed by atoms with van der Waals surface area (Å²) in [5.41, 5.74) is 3.46. The third-order valence-corrected chi connectivity index (χ3v) is 3.52. The zero-order chi connectivity index (χ0) is 18.2. The third kappa shape index (κ3) is 5.77. The van der Waals surface area contributed by atoms with E-state index in [0.29, 0.717) is 26.9 Å². The molecule has 25 heavy (non-hydrogen) atoms. The van der Waals surface area contributed by atoms with Gasteiger partial charge in [0.2, 0.25) is 0 Å². The Morgan fingerprint density at radius 3 is 2.52 bits per heavy atom. The highest BCUT2D eigenvalue weighted by Gasteiger charge is 2.06. The molecule has 1 amide bonds. The lowest BCUT2D eigenvalue weighted by molar-refractivity contribution is -0.123. The minimum atomic E-state index is -0.451. The first-order valence-electron chi connectivity index (χ1n) is 7.07. The largest absolute Gasteiger partial charge is 0.482 e. The molecule has 0 bridgehead atoms. The lowest BCUT2D eigenvalue weighted by Gasteiger charge is -2.07. The molecule has 1 N–H and O–H groups in total. The summed E-state index contributed by atoms with van der Waals surface area (Å²) in [6, 6.07) is 11.2. The Balaban J connectivity index is 1.83. The van der Waals surface area contributed by atoms with Crippen molar-refractivity contribution in [3.63, 3.8) is 0 Å². The molecule has 0 aliphatic carbocycles. The molecule has 2 aromatic rings. The van der Waals surface area contributed by atoms with Crippen molar-refractivity contribution in [3.05, 3.63) is 63.6 Å². The predicted octanol–water partition coefficient (Wildman–Crippen LogP) is 3.31. The average Bonchev–Trinajstić information content (AvgIpc) is 2.61. The second kappa shape index (κ2) is 9.05. The summed E-state index contributed by atoms with van der Waals surface area (Å²) in [7, 11) is 1.31. The first-order chi connectivity index (χ1) is 12.0. The van der Waals surface area contributed by atoms with Gasteiger partial charge >= 0.3 is 5.97 Å². The van der Waals surface area contributed by atoms with Crippen LogP contribution >= 0.6 is 23.2 Å². The Labute approximate surface area is 154 Å².